The zero-order valence-electron chi connectivity index (χ0n) is 24.0. The predicted molar refractivity (Wildman–Crippen MR) is 178 cm³/mol. The molecule has 0 saturated heterocycles. The van der Waals surface area contributed by atoms with E-state index in [1.54, 1.807) is 12.4 Å². The van der Waals surface area contributed by atoms with Crippen LogP contribution in [-0.4, -0.2) is 46.1 Å². The largest absolute Gasteiger partial charge is 0.507 e. The summed E-state index contributed by atoms with van der Waals surface area (Å²) in [5.41, 5.74) is 3.57. The molecule has 2 atom stereocenters. The van der Waals surface area contributed by atoms with Crippen molar-refractivity contribution < 1.29 is 20.4 Å². The SMILES string of the molecule is OCC(N=Cc1cc2ccccc2c(-c2c(O)c(C=NC(CO)c3ccccc3)cc3ccccc23)c1O)c1ccccc1. The molecule has 2 unspecified atom stereocenters. The van der Waals surface area contributed by atoms with E-state index in [2.05, 4.69) is 9.98 Å². The van der Waals surface area contributed by atoms with E-state index >= 15 is 0 Å². The van der Waals surface area contributed by atoms with Crippen LogP contribution >= 0.6 is 0 Å². The summed E-state index contributed by atoms with van der Waals surface area (Å²) in [5, 5.41) is 47.0. The molecule has 0 bridgehead atoms. The quantitative estimate of drug-likeness (QED) is 0.134. The van der Waals surface area contributed by atoms with E-state index in [1.165, 1.54) is 0 Å². The monoisotopic (exact) mass is 580 g/mol. The molecular weight excluding hydrogens is 548 g/mol. The minimum absolute atomic E-state index is 0.0377. The van der Waals surface area contributed by atoms with Crippen molar-refractivity contribution in [2.24, 2.45) is 9.98 Å². The highest BCUT2D eigenvalue weighted by molar-refractivity contribution is 6.14. The number of fused-ring (bicyclic) bond motifs is 2. The Labute approximate surface area is 255 Å². The third-order valence-corrected chi connectivity index (χ3v) is 7.85. The van der Waals surface area contributed by atoms with Gasteiger partial charge in [-0.05, 0) is 44.8 Å². The topological polar surface area (TPSA) is 106 Å². The molecule has 0 aliphatic carbocycles. The molecular formula is C38H32N2O4. The van der Waals surface area contributed by atoms with Gasteiger partial charge >= 0.3 is 0 Å². The van der Waals surface area contributed by atoms with Crippen LogP contribution in [0.4, 0.5) is 0 Å². The second-order valence-corrected chi connectivity index (χ2v) is 10.6. The molecule has 0 fully saturated rings. The molecule has 0 spiro atoms. The van der Waals surface area contributed by atoms with Gasteiger partial charge in [-0.3, -0.25) is 9.98 Å². The molecule has 218 valence electrons. The number of aromatic hydroxyl groups is 2. The fourth-order valence-corrected chi connectivity index (χ4v) is 5.59. The fourth-order valence-electron chi connectivity index (χ4n) is 5.59. The van der Waals surface area contributed by atoms with E-state index in [4.69, 9.17) is 0 Å². The Hall–Kier alpha value is -5.30. The average molecular weight is 581 g/mol. The van der Waals surface area contributed by atoms with Crippen LogP contribution in [0.15, 0.2) is 131 Å². The predicted octanol–water partition coefficient (Wildman–Crippen LogP) is 7.38. The molecule has 6 heteroatoms. The molecule has 0 saturated carbocycles. The van der Waals surface area contributed by atoms with Gasteiger partial charge in [0, 0.05) is 34.7 Å². The van der Waals surface area contributed by atoms with E-state index < -0.39 is 12.1 Å². The number of hydrogen-bond donors (Lipinski definition) is 4. The van der Waals surface area contributed by atoms with Gasteiger partial charge in [0.1, 0.15) is 11.5 Å². The van der Waals surface area contributed by atoms with Gasteiger partial charge in [0.2, 0.25) is 0 Å². The van der Waals surface area contributed by atoms with E-state index in [0.717, 1.165) is 32.7 Å². The van der Waals surface area contributed by atoms with Gasteiger partial charge in [0.05, 0.1) is 25.3 Å². The molecule has 0 heterocycles. The summed E-state index contributed by atoms with van der Waals surface area (Å²) in [6, 6.07) is 37.1. The average Bonchev–Trinajstić information content (AvgIpc) is 3.07. The molecule has 0 aliphatic heterocycles. The van der Waals surface area contributed by atoms with Crippen LogP contribution in [0.1, 0.15) is 34.3 Å². The minimum atomic E-state index is -0.497. The van der Waals surface area contributed by atoms with Crippen LogP contribution in [0.2, 0.25) is 0 Å². The van der Waals surface area contributed by atoms with E-state index in [-0.39, 0.29) is 24.7 Å². The molecule has 6 aromatic rings. The van der Waals surface area contributed by atoms with Gasteiger partial charge in [0.25, 0.3) is 0 Å². The standard InChI is InChI=1S/C38H32N2O4/c41-23-33(25-11-3-1-4-12-25)39-21-29-19-27-15-7-9-17-31(27)35(37(29)43)36-32-18-10-8-16-28(32)20-30(38(36)44)22-40-34(24-42)26-13-5-2-6-14-26/h1-22,33-34,41-44H,23-24H2. The van der Waals surface area contributed by atoms with Crippen molar-refractivity contribution in [3.8, 4) is 22.6 Å². The fraction of sp³-hybridized carbons (Fsp3) is 0.105. The molecule has 6 nitrogen and oxygen atoms in total. The molecule has 6 aromatic carbocycles. The number of phenols is 2. The van der Waals surface area contributed by atoms with Gasteiger partial charge < -0.3 is 20.4 Å². The van der Waals surface area contributed by atoms with Crippen molar-refractivity contribution in [3.05, 3.63) is 144 Å². The van der Waals surface area contributed by atoms with Crippen molar-refractivity contribution in [1.82, 2.24) is 0 Å². The van der Waals surface area contributed by atoms with Crippen LogP contribution in [0.25, 0.3) is 32.7 Å². The summed E-state index contributed by atoms with van der Waals surface area (Å²) >= 11 is 0. The molecule has 44 heavy (non-hydrogen) atoms. The minimum Gasteiger partial charge on any atom is -0.507 e. The summed E-state index contributed by atoms with van der Waals surface area (Å²) in [6.45, 7) is -0.376. The Kier molecular flexibility index (Phi) is 8.46. The Balaban J connectivity index is 1.54. The number of aliphatic imine (C=N–C) groups is 2. The zero-order valence-corrected chi connectivity index (χ0v) is 24.0. The molecule has 0 aliphatic rings. The maximum atomic E-state index is 11.8. The number of aliphatic hydroxyl groups is 2. The Morgan fingerprint density at radius 2 is 0.864 bits per heavy atom. The lowest BCUT2D eigenvalue weighted by Crippen LogP contribution is -2.02. The summed E-state index contributed by atoms with van der Waals surface area (Å²) < 4.78 is 0. The van der Waals surface area contributed by atoms with E-state index in [1.807, 2.05) is 121 Å². The normalized spacial score (nSPS) is 13.2. The van der Waals surface area contributed by atoms with E-state index in [9.17, 15) is 20.4 Å². The van der Waals surface area contributed by atoms with Crippen molar-refractivity contribution in [3.63, 3.8) is 0 Å². The van der Waals surface area contributed by atoms with Crippen molar-refractivity contribution >= 4 is 34.0 Å². The number of hydrogen-bond acceptors (Lipinski definition) is 6. The first-order valence-corrected chi connectivity index (χ1v) is 14.5. The highest BCUT2D eigenvalue weighted by Crippen LogP contribution is 2.47. The van der Waals surface area contributed by atoms with Crippen molar-refractivity contribution in [2.45, 2.75) is 12.1 Å². The molecule has 0 aromatic heterocycles. The number of aliphatic hydroxyl groups excluding tert-OH is 2. The Morgan fingerprint density at radius 3 is 1.25 bits per heavy atom. The molecule has 0 amide bonds. The summed E-state index contributed by atoms with van der Waals surface area (Å²) in [5.74, 6) is -0.0754. The smallest absolute Gasteiger partial charge is 0.132 e. The summed E-state index contributed by atoms with van der Waals surface area (Å²) in [4.78, 5) is 9.26. The number of benzene rings is 6. The lowest BCUT2D eigenvalue weighted by molar-refractivity contribution is 0.269. The second kappa shape index (κ2) is 12.9. The Bertz CT molecular complexity index is 1830. The highest BCUT2D eigenvalue weighted by atomic mass is 16.3. The zero-order chi connectivity index (χ0) is 30.5. The van der Waals surface area contributed by atoms with Crippen molar-refractivity contribution in [2.75, 3.05) is 13.2 Å². The second-order valence-electron chi connectivity index (χ2n) is 10.6. The van der Waals surface area contributed by atoms with Gasteiger partial charge in [-0.1, -0.05) is 109 Å². The highest BCUT2D eigenvalue weighted by Gasteiger charge is 2.22. The first-order valence-electron chi connectivity index (χ1n) is 14.5. The van der Waals surface area contributed by atoms with Crippen LogP contribution in [-0.2, 0) is 0 Å². The van der Waals surface area contributed by atoms with Crippen LogP contribution < -0.4 is 0 Å². The maximum absolute atomic E-state index is 11.8. The van der Waals surface area contributed by atoms with E-state index in [0.29, 0.717) is 22.3 Å². The number of rotatable bonds is 9. The lowest BCUT2D eigenvalue weighted by Gasteiger charge is -2.18. The van der Waals surface area contributed by atoms with Gasteiger partial charge in [-0.15, -0.1) is 0 Å². The van der Waals surface area contributed by atoms with Gasteiger partial charge in [0.15, 0.2) is 0 Å². The number of nitrogens with zero attached hydrogens (tertiary/aromatic N) is 2. The summed E-state index contributed by atoms with van der Waals surface area (Å²) in [7, 11) is 0. The van der Waals surface area contributed by atoms with Gasteiger partial charge in [-0.25, -0.2) is 0 Å². The third kappa shape index (κ3) is 5.69. The van der Waals surface area contributed by atoms with Crippen molar-refractivity contribution in [1.29, 1.82) is 0 Å². The Morgan fingerprint density at radius 1 is 0.500 bits per heavy atom. The third-order valence-electron chi connectivity index (χ3n) is 7.85. The summed E-state index contributed by atoms with van der Waals surface area (Å²) in [6.07, 6.45) is 3.16. The molecule has 4 N–H and O–H groups in total. The maximum Gasteiger partial charge on any atom is 0.132 e. The first-order chi connectivity index (χ1) is 21.6. The van der Waals surface area contributed by atoms with Gasteiger partial charge in [-0.2, -0.15) is 0 Å². The first kappa shape index (κ1) is 28.8. The molecule has 6 rings (SSSR count). The van der Waals surface area contributed by atoms with Crippen LogP contribution in [0.5, 0.6) is 11.5 Å². The van der Waals surface area contributed by atoms with Crippen LogP contribution in [0, 0.1) is 0 Å². The molecule has 0 radical (unpaired) electrons. The number of phenolic OH excluding ortho intramolecular Hbond substituents is 2. The van der Waals surface area contributed by atoms with Crippen LogP contribution in [0.3, 0.4) is 0 Å². The lowest BCUT2D eigenvalue weighted by atomic mass is 9.89.